The molecule has 0 aliphatic rings. The molecule has 0 aliphatic heterocycles. The van der Waals surface area contributed by atoms with Gasteiger partial charge in [-0.15, -0.1) is 0 Å². The second kappa shape index (κ2) is 70.8. The van der Waals surface area contributed by atoms with Gasteiger partial charge in [-0.05, 0) is 103 Å². The number of carbonyl (C=O) groups is 3. The summed E-state index contributed by atoms with van der Waals surface area (Å²) < 4.78 is 16.8. The predicted molar refractivity (Wildman–Crippen MR) is 362 cm³/mol. The van der Waals surface area contributed by atoms with Gasteiger partial charge in [0.2, 0.25) is 0 Å². The molecule has 1 atom stereocenters. The minimum absolute atomic E-state index is 0.0769. The molecule has 83 heavy (non-hydrogen) atoms. The first-order valence-electron chi connectivity index (χ1n) is 35.7. The van der Waals surface area contributed by atoms with Gasteiger partial charge in [-0.3, -0.25) is 14.4 Å². The van der Waals surface area contributed by atoms with Crippen LogP contribution in [0.1, 0.15) is 355 Å². The Balaban J connectivity index is 3.99. The van der Waals surface area contributed by atoms with Crippen molar-refractivity contribution in [2.45, 2.75) is 361 Å². The standard InChI is InChI=1S/C77H134O6/c1-4-7-10-13-15-17-19-21-23-25-27-29-31-33-35-37-38-40-41-43-45-47-49-51-53-55-57-59-61-64-67-70-76(79)82-73-74(72-81-75(78)69-66-63-12-9-6-3)83-77(80)71-68-65-62-60-58-56-54-52-50-48-46-44-42-39-36-34-32-30-28-26-24-22-20-18-16-14-11-8-5-2/h7,10,15,17,21,23,26-29,33,35,38,40,43,45,74H,4-6,8-9,11-14,16,18-20,22,24-25,30-32,34,36-37,39,41-42,44,46-73H2,1-3H3/b10-7-,17-15-,23-21-,28-26-,29-27-,35-33-,40-38-,45-43-. The summed E-state index contributed by atoms with van der Waals surface area (Å²) in [6.45, 7) is 6.48. The van der Waals surface area contributed by atoms with E-state index in [9.17, 15) is 14.4 Å². The van der Waals surface area contributed by atoms with Crippen LogP contribution in [0.3, 0.4) is 0 Å². The van der Waals surface area contributed by atoms with Crippen LogP contribution in [0.15, 0.2) is 97.2 Å². The highest BCUT2D eigenvalue weighted by atomic mass is 16.6. The zero-order chi connectivity index (χ0) is 59.9. The summed E-state index contributed by atoms with van der Waals surface area (Å²) in [6.07, 6.45) is 96.4. The first-order chi connectivity index (χ1) is 41.0. The highest BCUT2D eigenvalue weighted by molar-refractivity contribution is 5.71. The average Bonchev–Trinajstić information content (AvgIpc) is 3.49. The van der Waals surface area contributed by atoms with Gasteiger partial charge in [0.1, 0.15) is 13.2 Å². The summed E-state index contributed by atoms with van der Waals surface area (Å²) in [5, 5.41) is 0. The molecule has 1 unspecified atom stereocenters. The first-order valence-corrected chi connectivity index (χ1v) is 35.7. The summed E-state index contributed by atoms with van der Waals surface area (Å²) in [4.78, 5) is 38.0. The van der Waals surface area contributed by atoms with Gasteiger partial charge in [0.15, 0.2) is 6.10 Å². The molecule has 478 valence electrons. The van der Waals surface area contributed by atoms with E-state index in [1.54, 1.807) is 0 Å². The van der Waals surface area contributed by atoms with E-state index in [1.165, 1.54) is 199 Å². The minimum Gasteiger partial charge on any atom is -0.462 e. The Labute approximate surface area is 515 Å². The summed E-state index contributed by atoms with van der Waals surface area (Å²) in [5.74, 6) is -0.883. The van der Waals surface area contributed by atoms with Crippen molar-refractivity contribution in [3.8, 4) is 0 Å². The van der Waals surface area contributed by atoms with Gasteiger partial charge in [-0.2, -0.15) is 0 Å². The molecule has 0 radical (unpaired) electrons. The molecule has 0 saturated heterocycles. The van der Waals surface area contributed by atoms with E-state index >= 15 is 0 Å². The predicted octanol–water partition coefficient (Wildman–Crippen LogP) is 24.8. The molecular weight excluding hydrogens is 1020 g/mol. The number of hydrogen-bond acceptors (Lipinski definition) is 6. The summed E-state index contributed by atoms with van der Waals surface area (Å²) >= 11 is 0. The van der Waals surface area contributed by atoms with Gasteiger partial charge in [-0.25, -0.2) is 0 Å². The van der Waals surface area contributed by atoms with Gasteiger partial charge >= 0.3 is 17.9 Å². The Kier molecular flexibility index (Phi) is 67.7. The molecule has 0 spiro atoms. The fourth-order valence-electron chi connectivity index (χ4n) is 10.2. The second-order valence-electron chi connectivity index (χ2n) is 23.8. The lowest BCUT2D eigenvalue weighted by Gasteiger charge is -2.18. The Bertz CT molecular complexity index is 1610. The number of esters is 3. The number of hydrogen-bond donors (Lipinski definition) is 0. The van der Waals surface area contributed by atoms with Crippen LogP contribution >= 0.6 is 0 Å². The molecule has 0 aliphatic carbocycles. The molecule has 6 heteroatoms. The average molecular weight is 1160 g/mol. The summed E-state index contributed by atoms with van der Waals surface area (Å²) in [7, 11) is 0. The minimum atomic E-state index is -0.776. The monoisotopic (exact) mass is 1160 g/mol. The third kappa shape index (κ3) is 69.0. The number of carbonyl (C=O) groups excluding carboxylic acids is 3. The fraction of sp³-hybridized carbons (Fsp3) is 0.753. The van der Waals surface area contributed by atoms with Crippen molar-refractivity contribution in [2.24, 2.45) is 0 Å². The molecule has 6 nitrogen and oxygen atoms in total. The largest absolute Gasteiger partial charge is 0.462 e. The Morgan fingerprint density at radius 2 is 0.470 bits per heavy atom. The van der Waals surface area contributed by atoms with E-state index in [4.69, 9.17) is 14.2 Å². The van der Waals surface area contributed by atoms with Crippen molar-refractivity contribution in [1.82, 2.24) is 0 Å². The van der Waals surface area contributed by atoms with Crippen LogP contribution in [0, 0.1) is 0 Å². The Morgan fingerprint density at radius 1 is 0.253 bits per heavy atom. The third-order valence-electron chi connectivity index (χ3n) is 15.6. The summed E-state index contributed by atoms with van der Waals surface area (Å²) in [6, 6.07) is 0. The van der Waals surface area contributed by atoms with Crippen LogP contribution in [-0.2, 0) is 28.6 Å². The second-order valence-corrected chi connectivity index (χ2v) is 23.8. The molecule has 0 rings (SSSR count). The maximum atomic E-state index is 12.9. The molecule has 0 aromatic carbocycles. The maximum absolute atomic E-state index is 12.9. The van der Waals surface area contributed by atoms with Crippen molar-refractivity contribution in [1.29, 1.82) is 0 Å². The molecular formula is C77H134O6. The van der Waals surface area contributed by atoms with Crippen LogP contribution in [0.25, 0.3) is 0 Å². The molecule has 0 amide bonds. The van der Waals surface area contributed by atoms with Crippen LogP contribution in [0.5, 0.6) is 0 Å². The topological polar surface area (TPSA) is 78.9 Å². The van der Waals surface area contributed by atoms with E-state index in [0.717, 1.165) is 116 Å². The van der Waals surface area contributed by atoms with E-state index in [1.807, 2.05) is 0 Å². The quantitative estimate of drug-likeness (QED) is 0.0261. The van der Waals surface area contributed by atoms with Gasteiger partial charge < -0.3 is 14.2 Å². The van der Waals surface area contributed by atoms with Crippen molar-refractivity contribution in [2.75, 3.05) is 13.2 Å². The smallest absolute Gasteiger partial charge is 0.306 e. The van der Waals surface area contributed by atoms with Gasteiger partial charge in [0.25, 0.3) is 0 Å². The molecule has 0 aromatic heterocycles. The highest BCUT2D eigenvalue weighted by Gasteiger charge is 2.19. The van der Waals surface area contributed by atoms with Crippen molar-refractivity contribution >= 4 is 17.9 Å². The lowest BCUT2D eigenvalue weighted by atomic mass is 10.0. The lowest BCUT2D eigenvalue weighted by Crippen LogP contribution is -2.30. The van der Waals surface area contributed by atoms with E-state index in [0.29, 0.717) is 19.3 Å². The van der Waals surface area contributed by atoms with E-state index < -0.39 is 6.10 Å². The number of allylic oxidation sites excluding steroid dienone is 16. The molecule has 0 fully saturated rings. The zero-order valence-corrected chi connectivity index (χ0v) is 54.9. The van der Waals surface area contributed by atoms with Crippen LogP contribution in [0.2, 0.25) is 0 Å². The normalized spacial score (nSPS) is 12.7. The first kappa shape index (κ1) is 79.3. The molecule has 0 aromatic rings. The van der Waals surface area contributed by atoms with Gasteiger partial charge in [-0.1, -0.05) is 330 Å². The third-order valence-corrected chi connectivity index (χ3v) is 15.6. The fourth-order valence-corrected chi connectivity index (χ4v) is 10.2. The van der Waals surface area contributed by atoms with E-state index in [2.05, 4.69) is 118 Å². The van der Waals surface area contributed by atoms with Crippen molar-refractivity contribution in [3.63, 3.8) is 0 Å². The van der Waals surface area contributed by atoms with Crippen molar-refractivity contribution < 1.29 is 28.6 Å². The zero-order valence-electron chi connectivity index (χ0n) is 54.9. The maximum Gasteiger partial charge on any atom is 0.306 e. The Hall–Kier alpha value is -3.67. The van der Waals surface area contributed by atoms with Crippen LogP contribution in [0.4, 0.5) is 0 Å². The number of rotatable bonds is 65. The molecule has 0 N–H and O–H groups in total. The van der Waals surface area contributed by atoms with Crippen molar-refractivity contribution in [3.05, 3.63) is 97.2 Å². The van der Waals surface area contributed by atoms with Crippen LogP contribution < -0.4 is 0 Å². The van der Waals surface area contributed by atoms with E-state index in [-0.39, 0.29) is 31.1 Å². The number of unbranched alkanes of at least 4 members (excludes halogenated alkanes) is 38. The molecule has 0 bridgehead atoms. The molecule has 0 heterocycles. The Morgan fingerprint density at radius 3 is 0.747 bits per heavy atom. The lowest BCUT2D eigenvalue weighted by molar-refractivity contribution is -0.167. The summed E-state index contributed by atoms with van der Waals surface area (Å²) in [5.41, 5.74) is 0. The number of ether oxygens (including phenoxy) is 3. The van der Waals surface area contributed by atoms with Crippen LogP contribution in [-0.4, -0.2) is 37.2 Å². The highest BCUT2D eigenvalue weighted by Crippen LogP contribution is 2.17. The molecule has 0 saturated carbocycles. The van der Waals surface area contributed by atoms with Gasteiger partial charge in [0, 0.05) is 19.3 Å². The SMILES string of the molecule is CC/C=C\C/C=C\C/C=C\C/C=C\C/C=C\C/C=C\C/C=C\CCCCCCCCCCCC(=O)OCC(COC(=O)CCCCCCC)OC(=O)CCCCCCCCCCCCCCCCCCC/C=C\CCCCCCCCCC. The van der Waals surface area contributed by atoms with Gasteiger partial charge in [0.05, 0.1) is 0 Å².